The summed E-state index contributed by atoms with van der Waals surface area (Å²) < 4.78 is 13.8. The van der Waals surface area contributed by atoms with Crippen LogP contribution < -0.4 is 4.90 Å². The van der Waals surface area contributed by atoms with E-state index in [0.717, 1.165) is 4.90 Å². The molecule has 0 unspecified atom stereocenters. The molecule has 120 valence electrons. The van der Waals surface area contributed by atoms with E-state index in [9.17, 15) is 14.0 Å². The summed E-state index contributed by atoms with van der Waals surface area (Å²) in [5.74, 6) is -1.18. The van der Waals surface area contributed by atoms with Gasteiger partial charge in [-0.1, -0.05) is 41.6 Å². The summed E-state index contributed by atoms with van der Waals surface area (Å²) in [6.45, 7) is 0.0823. The zero-order chi connectivity index (χ0) is 16.7. The van der Waals surface area contributed by atoms with Gasteiger partial charge in [-0.05, 0) is 18.2 Å². The van der Waals surface area contributed by atoms with Gasteiger partial charge in [-0.2, -0.15) is 5.11 Å². The van der Waals surface area contributed by atoms with Crippen molar-refractivity contribution in [3.63, 3.8) is 0 Å². The highest BCUT2D eigenvalue weighted by atomic mass is 19.1. The molecule has 0 aromatic heterocycles. The van der Waals surface area contributed by atoms with Crippen molar-refractivity contribution in [2.75, 3.05) is 4.90 Å². The number of nitrogens with zero attached hydrogens (tertiary/aromatic N) is 4. The third kappa shape index (κ3) is 2.17. The normalized spacial score (nSPS) is 22.4. The van der Waals surface area contributed by atoms with Crippen LogP contribution in [0.1, 0.15) is 5.56 Å². The number of anilines is 1. The Morgan fingerprint density at radius 2 is 1.67 bits per heavy atom. The second-order valence-electron chi connectivity index (χ2n) is 5.63. The van der Waals surface area contributed by atoms with Gasteiger partial charge in [0.2, 0.25) is 0 Å². The highest BCUT2D eigenvalue weighted by Gasteiger charge is 2.54. The Hall–Kier alpha value is -3.09. The van der Waals surface area contributed by atoms with Crippen molar-refractivity contribution in [1.82, 2.24) is 5.01 Å². The number of halogens is 1. The fourth-order valence-corrected chi connectivity index (χ4v) is 2.99. The Bertz CT molecular complexity index is 839. The van der Waals surface area contributed by atoms with E-state index < -0.39 is 23.9 Å². The predicted molar refractivity (Wildman–Crippen MR) is 83.3 cm³/mol. The lowest BCUT2D eigenvalue weighted by Crippen LogP contribution is -2.39. The van der Waals surface area contributed by atoms with Gasteiger partial charge in [0.25, 0.3) is 11.8 Å². The number of carbonyl (C=O) groups is 2. The number of fused-ring (bicyclic) bond motifs is 1. The molecule has 2 amide bonds. The average Bonchev–Trinajstić information content (AvgIpc) is 3.11. The molecule has 2 aliphatic heterocycles. The van der Waals surface area contributed by atoms with E-state index in [1.807, 2.05) is 0 Å². The standard InChI is InChI=1S/C17H13FN4O2/c18-13-9-5-4-6-11(13)10-21-15-14(19-20-21)16(23)22(17(15)24)12-7-2-1-3-8-12/h1-9,14-15H,10H2/t14-,15+/m0/s1. The molecule has 2 aromatic carbocycles. The monoisotopic (exact) mass is 324 g/mol. The molecule has 2 aliphatic rings. The van der Waals surface area contributed by atoms with E-state index in [4.69, 9.17) is 0 Å². The topological polar surface area (TPSA) is 65.3 Å². The minimum atomic E-state index is -0.871. The van der Waals surface area contributed by atoms with Gasteiger partial charge in [0.05, 0.1) is 12.2 Å². The van der Waals surface area contributed by atoms with Crippen LogP contribution in [0.15, 0.2) is 64.9 Å². The Labute approximate surface area is 137 Å². The molecule has 1 fully saturated rings. The lowest BCUT2D eigenvalue weighted by atomic mass is 10.1. The summed E-state index contributed by atoms with van der Waals surface area (Å²) in [7, 11) is 0. The first-order chi connectivity index (χ1) is 11.7. The van der Waals surface area contributed by atoms with Gasteiger partial charge in [-0.15, -0.1) is 0 Å². The molecule has 0 aliphatic carbocycles. The van der Waals surface area contributed by atoms with Crippen LogP contribution in [0.3, 0.4) is 0 Å². The van der Waals surface area contributed by atoms with Crippen molar-refractivity contribution in [3.8, 4) is 0 Å². The number of imide groups is 1. The summed E-state index contributed by atoms with van der Waals surface area (Å²) in [6, 6.07) is 13.3. The molecule has 7 heteroatoms. The second-order valence-corrected chi connectivity index (χ2v) is 5.63. The summed E-state index contributed by atoms with van der Waals surface area (Å²) >= 11 is 0. The zero-order valence-corrected chi connectivity index (χ0v) is 12.5. The van der Waals surface area contributed by atoms with Crippen molar-refractivity contribution in [2.24, 2.45) is 10.3 Å². The molecule has 0 radical (unpaired) electrons. The van der Waals surface area contributed by atoms with E-state index in [2.05, 4.69) is 10.3 Å². The minimum absolute atomic E-state index is 0.0823. The van der Waals surface area contributed by atoms with Crippen LogP contribution in [-0.2, 0) is 16.1 Å². The number of benzene rings is 2. The number of hydrogen-bond acceptors (Lipinski definition) is 5. The molecule has 2 atom stereocenters. The van der Waals surface area contributed by atoms with Gasteiger partial charge in [0.1, 0.15) is 5.82 Å². The molecular formula is C17H13FN4O2. The first-order valence-corrected chi connectivity index (χ1v) is 7.50. The average molecular weight is 324 g/mol. The fourth-order valence-electron chi connectivity index (χ4n) is 2.99. The molecule has 0 spiro atoms. The first-order valence-electron chi connectivity index (χ1n) is 7.50. The molecule has 0 saturated carbocycles. The van der Waals surface area contributed by atoms with Gasteiger partial charge >= 0.3 is 0 Å². The van der Waals surface area contributed by atoms with Gasteiger partial charge in [-0.25, -0.2) is 9.29 Å². The van der Waals surface area contributed by atoms with Crippen LogP contribution in [0.25, 0.3) is 0 Å². The zero-order valence-electron chi connectivity index (χ0n) is 12.5. The number of carbonyl (C=O) groups excluding carboxylic acids is 2. The molecule has 24 heavy (non-hydrogen) atoms. The second kappa shape index (κ2) is 5.52. The van der Waals surface area contributed by atoms with Crippen molar-refractivity contribution in [2.45, 2.75) is 18.6 Å². The van der Waals surface area contributed by atoms with Crippen LogP contribution >= 0.6 is 0 Å². The van der Waals surface area contributed by atoms with Crippen LogP contribution in [0.2, 0.25) is 0 Å². The van der Waals surface area contributed by atoms with E-state index in [0.29, 0.717) is 11.3 Å². The Balaban J connectivity index is 1.62. The van der Waals surface area contributed by atoms with Crippen LogP contribution in [0, 0.1) is 5.82 Å². The number of amides is 2. The van der Waals surface area contributed by atoms with Crippen molar-refractivity contribution in [3.05, 3.63) is 66.0 Å². The van der Waals surface area contributed by atoms with E-state index in [-0.39, 0.29) is 12.4 Å². The maximum absolute atomic E-state index is 13.8. The van der Waals surface area contributed by atoms with Gasteiger partial charge in [0.15, 0.2) is 12.1 Å². The largest absolute Gasteiger partial charge is 0.271 e. The van der Waals surface area contributed by atoms with E-state index >= 15 is 0 Å². The van der Waals surface area contributed by atoms with Crippen LogP contribution in [-0.4, -0.2) is 28.9 Å². The lowest BCUT2D eigenvalue weighted by molar-refractivity contribution is -0.123. The van der Waals surface area contributed by atoms with Crippen molar-refractivity contribution in [1.29, 1.82) is 0 Å². The minimum Gasteiger partial charge on any atom is -0.271 e. The smallest absolute Gasteiger partial charge is 0.263 e. The highest BCUT2D eigenvalue weighted by Crippen LogP contribution is 2.32. The molecular weight excluding hydrogens is 311 g/mol. The first kappa shape index (κ1) is 14.5. The summed E-state index contributed by atoms with van der Waals surface area (Å²) in [5, 5.41) is 9.22. The van der Waals surface area contributed by atoms with Crippen LogP contribution in [0.5, 0.6) is 0 Å². The molecule has 1 saturated heterocycles. The molecule has 4 rings (SSSR count). The SMILES string of the molecule is O=C1[C@H]2N=NN(Cc3ccccc3F)[C@H]2C(=O)N1c1ccccc1. The maximum Gasteiger partial charge on any atom is 0.263 e. The number of hydrogen-bond donors (Lipinski definition) is 0. The Morgan fingerprint density at radius 3 is 2.42 bits per heavy atom. The van der Waals surface area contributed by atoms with Gasteiger partial charge in [-0.3, -0.25) is 14.6 Å². The predicted octanol–water partition coefficient (Wildman–Crippen LogP) is 2.32. The molecule has 6 nitrogen and oxygen atoms in total. The molecule has 2 aromatic rings. The highest BCUT2D eigenvalue weighted by molar-refractivity contribution is 6.25. The quantitative estimate of drug-likeness (QED) is 0.814. The summed E-state index contributed by atoms with van der Waals surface area (Å²) in [6.07, 6.45) is 0. The fraction of sp³-hybridized carbons (Fsp3) is 0.176. The number of rotatable bonds is 3. The van der Waals surface area contributed by atoms with Gasteiger partial charge < -0.3 is 0 Å². The maximum atomic E-state index is 13.8. The summed E-state index contributed by atoms with van der Waals surface area (Å²) in [4.78, 5) is 26.4. The van der Waals surface area contributed by atoms with Crippen molar-refractivity contribution >= 4 is 17.5 Å². The number of para-hydroxylation sites is 1. The Morgan fingerprint density at radius 1 is 0.958 bits per heavy atom. The third-order valence-corrected chi connectivity index (χ3v) is 4.16. The van der Waals surface area contributed by atoms with Gasteiger partial charge in [0, 0.05) is 5.56 Å². The van der Waals surface area contributed by atoms with E-state index in [1.54, 1.807) is 48.5 Å². The molecule has 0 bridgehead atoms. The summed E-state index contributed by atoms with van der Waals surface area (Å²) in [5.41, 5.74) is 0.901. The third-order valence-electron chi connectivity index (χ3n) is 4.16. The van der Waals surface area contributed by atoms with E-state index in [1.165, 1.54) is 11.1 Å². The van der Waals surface area contributed by atoms with Crippen molar-refractivity contribution < 1.29 is 14.0 Å². The Kier molecular flexibility index (Phi) is 3.34. The molecule has 0 N–H and O–H groups in total. The molecule has 2 heterocycles. The lowest BCUT2D eigenvalue weighted by Gasteiger charge is -2.20. The van der Waals surface area contributed by atoms with Crippen LogP contribution in [0.4, 0.5) is 10.1 Å².